The van der Waals surface area contributed by atoms with Crippen molar-refractivity contribution in [3.8, 4) is 0 Å². The standard InChI is InChI=1S/BH4O4P.In.3H/c1-5-6(2,3)4;;;;/h1H2,(H2,2,3,4);;;;. The van der Waals surface area contributed by atoms with Gasteiger partial charge in [-0.2, -0.15) is 0 Å². The van der Waals surface area contributed by atoms with Crippen LogP contribution in [0.5, 0.6) is 0 Å². The van der Waals surface area contributed by atoms with Crippen LogP contribution in [0.3, 0.4) is 0 Å². The molecule has 0 spiro atoms. The molecule has 0 bridgehead atoms. The first-order valence-electron chi connectivity index (χ1n) is 1.17. The maximum atomic E-state index is 9.47. The minimum atomic E-state index is -4.15. The zero-order valence-corrected chi connectivity index (χ0v) is 4.05. The predicted molar refractivity (Wildman–Crippen MR) is 31.6 cm³/mol. The average Bonchev–Trinajstić information content (AvgIpc) is 1.35. The summed E-state index contributed by atoms with van der Waals surface area (Å²) in [6.07, 6.45) is 0. The van der Waals surface area contributed by atoms with E-state index in [0.717, 1.165) is 8.05 Å². The van der Waals surface area contributed by atoms with Gasteiger partial charge in [-0.1, -0.05) is 0 Å². The molecule has 0 radical (unpaired) electrons. The van der Waals surface area contributed by atoms with Gasteiger partial charge in [-0.3, -0.25) is 0 Å². The van der Waals surface area contributed by atoms with Crippen LogP contribution in [-0.2, 0) is 9.01 Å². The van der Waals surface area contributed by atoms with E-state index < -0.39 is 7.82 Å². The van der Waals surface area contributed by atoms with E-state index in [4.69, 9.17) is 9.79 Å². The van der Waals surface area contributed by atoms with Gasteiger partial charge in [-0.05, 0) is 0 Å². The van der Waals surface area contributed by atoms with Crippen LogP contribution >= 0.6 is 7.82 Å². The fourth-order valence-corrected chi connectivity index (χ4v) is 0. The third kappa shape index (κ3) is 11.0. The average molecular weight is 228 g/mol. The molecule has 0 aliphatic rings. The van der Waals surface area contributed by atoms with E-state index >= 15 is 0 Å². The molecule has 0 fully saturated rings. The summed E-state index contributed by atoms with van der Waals surface area (Å²) in [4.78, 5) is 15.4. The van der Waals surface area contributed by atoms with Gasteiger partial charge in [0.25, 0.3) is 8.05 Å². The molecular weight excluding hydrogens is 221 g/mol. The Kier molecular flexibility index (Phi) is 6.21. The molecule has 0 amide bonds. The Morgan fingerprint density at radius 3 is 1.71 bits per heavy atom. The second-order valence-corrected chi connectivity index (χ2v) is 2.02. The van der Waals surface area contributed by atoms with Crippen molar-refractivity contribution in [2.75, 3.05) is 0 Å². The molecule has 0 aliphatic heterocycles. The molecule has 2 N–H and O–H groups in total. The quantitative estimate of drug-likeness (QED) is 0.383. The van der Waals surface area contributed by atoms with Crippen molar-refractivity contribution in [2.45, 2.75) is 0 Å². The minimum absolute atomic E-state index is 0. The fraction of sp³-hybridized carbons (Fsp3) is 0. The van der Waals surface area contributed by atoms with E-state index in [2.05, 4.69) is 4.44 Å². The van der Waals surface area contributed by atoms with Crippen molar-refractivity contribution in [1.29, 1.82) is 0 Å². The number of hydrogen-bond donors (Lipinski definition) is 2. The molecule has 0 aromatic rings. The van der Waals surface area contributed by atoms with Crippen molar-refractivity contribution >= 4 is 41.7 Å². The van der Waals surface area contributed by atoms with Crippen molar-refractivity contribution in [3.63, 3.8) is 0 Å². The molecule has 0 saturated carbocycles. The molecule has 0 aliphatic carbocycles. The Morgan fingerprint density at radius 2 is 1.71 bits per heavy atom. The van der Waals surface area contributed by atoms with Crippen molar-refractivity contribution in [1.82, 2.24) is 0 Å². The molecule has 4 nitrogen and oxygen atoms in total. The second kappa shape index (κ2) is 3.98. The van der Waals surface area contributed by atoms with E-state index in [1.807, 2.05) is 0 Å². The molecule has 0 heterocycles. The normalized spacial score (nSPS) is 10.0. The molecule has 0 unspecified atom stereocenters. The molecular formula is H7BInO4P. The van der Waals surface area contributed by atoms with Crippen LogP contribution in [0.1, 0.15) is 0 Å². The first-order valence-corrected chi connectivity index (χ1v) is 2.70. The van der Waals surface area contributed by atoms with Crippen LogP contribution in [0, 0.1) is 0 Å². The Balaban J connectivity index is 0. The first-order chi connectivity index (χ1) is 2.56. The first kappa shape index (κ1) is 10.9. The van der Waals surface area contributed by atoms with E-state index in [1.165, 1.54) is 0 Å². The van der Waals surface area contributed by atoms with E-state index in [9.17, 15) is 4.57 Å². The van der Waals surface area contributed by atoms with Gasteiger partial charge in [0, 0.05) is 0 Å². The Morgan fingerprint density at radius 1 is 1.57 bits per heavy atom. The number of hydrogen-bond acceptors (Lipinski definition) is 2. The molecule has 0 atom stereocenters. The molecule has 0 saturated heterocycles. The van der Waals surface area contributed by atoms with Gasteiger partial charge in [0.1, 0.15) is 0 Å². The van der Waals surface area contributed by atoms with Crippen LogP contribution in [0.4, 0.5) is 0 Å². The number of rotatable bonds is 1. The van der Waals surface area contributed by atoms with Crippen LogP contribution in [-0.4, -0.2) is 43.7 Å². The van der Waals surface area contributed by atoms with E-state index in [1.54, 1.807) is 0 Å². The van der Waals surface area contributed by atoms with Crippen LogP contribution in [0.25, 0.3) is 0 Å². The monoisotopic (exact) mass is 228 g/mol. The predicted octanol–water partition coefficient (Wildman–Crippen LogP) is -2.54. The third-order valence-electron chi connectivity index (χ3n) is 0.238. The second-order valence-electron chi connectivity index (χ2n) is 0.673. The van der Waals surface area contributed by atoms with Crippen LogP contribution in [0.15, 0.2) is 0 Å². The summed E-state index contributed by atoms with van der Waals surface area (Å²) >= 11 is 0. The Bertz CT molecular complexity index is 75.8. The van der Waals surface area contributed by atoms with Crippen molar-refractivity contribution in [2.24, 2.45) is 0 Å². The van der Waals surface area contributed by atoms with Gasteiger partial charge in [-0.25, -0.2) is 4.57 Å². The van der Waals surface area contributed by atoms with Crippen molar-refractivity contribution in [3.05, 3.63) is 0 Å². The molecule has 0 aromatic heterocycles. The summed E-state index contributed by atoms with van der Waals surface area (Å²) in [6.45, 7) is 0. The summed E-state index contributed by atoms with van der Waals surface area (Å²) in [6, 6.07) is 0. The Labute approximate surface area is 60.7 Å². The molecule has 7 heteroatoms. The zero-order chi connectivity index (χ0) is 5.21. The summed E-state index contributed by atoms with van der Waals surface area (Å²) in [5.74, 6) is 0. The van der Waals surface area contributed by atoms with E-state index in [0.29, 0.717) is 0 Å². The SMILES string of the molecule is BOP(=O)(O)O.[InH3]. The van der Waals surface area contributed by atoms with Gasteiger partial charge in [0.05, 0.1) is 0 Å². The molecule has 0 rings (SSSR count). The van der Waals surface area contributed by atoms with Crippen LogP contribution < -0.4 is 0 Å². The summed E-state index contributed by atoms with van der Waals surface area (Å²) < 4.78 is 13.1. The van der Waals surface area contributed by atoms with Gasteiger partial charge < -0.3 is 14.2 Å². The van der Waals surface area contributed by atoms with Gasteiger partial charge in [-0.15, -0.1) is 0 Å². The Hall–Kier alpha value is 1.05. The van der Waals surface area contributed by atoms with Gasteiger partial charge in [0.15, 0.2) is 0 Å². The van der Waals surface area contributed by atoms with Gasteiger partial charge >= 0.3 is 33.7 Å². The van der Waals surface area contributed by atoms with Crippen molar-refractivity contribution < 1.29 is 18.8 Å². The maximum absolute atomic E-state index is 9.47. The fourth-order valence-electron chi connectivity index (χ4n) is 0. The summed E-state index contributed by atoms with van der Waals surface area (Å²) in [7, 11) is -3.20. The molecule has 7 heavy (non-hydrogen) atoms. The molecule has 0 aromatic carbocycles. The third-order valence-corrected chi connectivity index (χ3v) is 0.714. The topological polar surface area (TPSA) is 66.8 Å². The number of phosphoric acid groups is 1. The van der Waals surface area contributed by atoms with Crippen LogP contribution in [0.2, 0.25) is 0 Å². The summed E-state index contributed by atoms with van der Waals surface area (Å²) in [5, 5.41) is 0. The molecule has 42 valence electrons. The van der Waals surface area contributed by atoms with E-state index in [-0.39, 0.29) is 25.8 Å². The summed E-state index contributed by atoms with van der Waals surface area (Å²) in [5.41, 5.74) is 0. The zero-order valence-electron chi connectivity index (χ0n) is 3.16. The van der Waals surface area contributed by atoms with Gasteiger partial charge in [0.2, 0.25) is 0 Å².